The van der Waals surface area contributed by atoms with Crippen LogP contribution < -0.4 is 0 Å². The van der Waals surface area contributed by atoms with Crippen molar-refractivity contribution in [3.05, 3.63) is 101 Å². The van der Waals surface area contributed by atoms with Crippen LogP contribution in [0.3, 0.4) is 0 Å². The molecule has 0 saturated heterocycles. The largest absolute Gasteiger partial charge is 0.464 e. The first-order valence-corrected chi connectivity index (χ1v) is 8.52. The van der Waals surface area contributed by atoms with E-state index in [1.54, 1.807) is 12.3 Å². The summed E-state index contributed by atoms with van der Waals surface area (Å²) in [7, 11) is 3.45. The van der Waals surface area contributed by atoms with Gasteiger partial charge in [-0.2, -0.15) is 0 Å². The number of benzene rings is 2. The Morgan fingerprint density at radius 1 is 0.962 bits per heavy atom. The maximum absolute atomic E-state index is 11.5. The predicted molar refractivity (Wildman–Crippen MR) is 102 cm³/mol. The predicted octanol–water partition coefficient (Wildman–Crippen LogP) is 4.09. The third-order valence-corrected chi connectivity index (χ3v) is 4.32. The highest BCUT2D eigenvalue weighted by molar-refractivity contribution is 5.86. The quantitative estimate of drug-likeness (QED) is 0.631. The molecular formula is C22H22N2O2. The van der Waals surface area contributed by atoms with E-state index in [2.05, 4.69) is 65.5 Å². The molecule has 0 atom stereocenters. The molecule has 0 aliphatic heterocycles. The zero-order valence-corrected chi connectivity index (χ0v) is 15.0. The third kappa shape index (κ3) is 4.16. The van der Waals surface area contributed by atoms with Crippen molar-refractivity contribution < 1.29 is 9.53 Å². The highest BCUT2D eigenvalue weighted by Crippen LogP contribution is 2.28. The lowest BCUT2D eigenvalue weighted by Crippen LogP contribution is -2.25. The number of aromatic nitrogens is 1. The van der Waals surface area contributed by atoms with Crippen LogP contribution in [0.2, 0.25) is 0 Å². The van der Waals surface area contributed by atoms with Crippen molar-refractivity contribution in [2.75, 3.05) is 14.2 Å². The van der Waals surface area contributed by atoms with Gasteiger partial charge in [0.2, 0.25) is 0 Å². The van der Waals surface area contributed by atoms with Crippen LogP contribution in [0.15, 0.2) is 79.0 Å². The van der Waals surface area contributed by atoms with Gasteiger partial charge in [-0.25, -0.2) is 9.78 Å². The summed E-state index contributed by atoms with van der Waals surface area (Å²) in [6.07, 6.45) is 1.73. The van der Waals surface area contributed by atoms with Crippen molar-refractivity contribution in [3.8, 4) is 0 Å². The average molecular weight is 346 g/mol. The lowest BCUT2D eigenvalue weighted by molar-refractivity contribution is 0.0594. The molecule has 4 nitrogen and oxygen atoms in total. The summed E-state index contributed by atoms with van der Waals surface area (Å²) in [6, 6.07) is 24.6. The Bertz CT molecular complexity index is 794. The monoisotopic (exact) mass is 346 g/mol. The molecule has 0 bridgehead atoms. The van der Waals surface area contributed by atoms with E-state index < -0.39 is 5.97 Å². The van der Waals surface area contributed by atoms with Crippen molar-refractivity contribution >= 4 is 5.97 Å². The number of hydrogen-bond acceptors (Lipinski definition) is 4. The molecule has 0 aliphatic rings. The number of pyridine rings is 1. The fourth-order valence-corrected chi connectivity index (χ4v) is 3.09. The molecular weight excluding hydrogens is 324 g/mol. The van der Waals surface area contributed by atoms with Gasteiger partial charge in [-0.3, -0.25) is 4.90 Å². The standard InChI is InChI=1S/C22H22N2O2/c1-24(16-17-13-14-20(23-15-17)22(25)26-2)21(18-9-5-3-6-10-18)19-11-7-4-8-12-19/h3-15,21H,16H2,1-2H3. The maximum atomic E-state index is 11.5. The third-order valence-electron chi connectivity index (χ3n) is 4.32. The van der Waals surface area contributed by atoms with E-state index >= 15 is 0 Å². The molecule has 0 saturated carbocycles. The van der Waals surface area contributed by atoms with Crippen molar-refractivity contribution in [3.63, 3.8) is 0 Å². The number of rotatable bonds is 6. The Kier molecular flexibility index (Phi) is 5.77. The fraction of sp³-hybridized carbons (Fsp3) is 0.182. The summed E-state index contributed by atoms with van der Waals surface area (Å²) in [5.74, 6) is -0.420. The van der Waals surface area contributed by atoms with Crippen LogP contribution in [0.5, 0.6) is 0 Å². The summed E-state index contributed by atoms with van der Waals surface area (Å²) >= 11 is 0. The van der Waals surface area contributed by atoms with Gasteiger partial charge in [0.1, 0.15) is 5.69 Å². The Balaban J connectivity index is 1.84. The van der Waals surface area contributed by atoms with Gasteiger partial charge >= 0.3 is 5.97 Å². The number of carbonyl (C=O) groups excluding carboxylic acids is 1. The van der Waals surface area contributed by atoms with Gasteiger partial charge in [-0.05, 0) is 29.8 Å². The van der Waals surface area contributed by atoms with Gasteiger partial charge in [0.05, 0.1) is 13.2 Å². The van der Waals surface area contributed by atoms with Crippen molar-refractivity contribution in [2.45, 2.75) is 12.6 Å². The van der Waals surface area contributed by atoms with Gasteiger partial charge in [0, 0.05) is 12.7 Å². The van der Waals surface area contributed by atoms with Crippen LogP contribution in [0.4, 0.5) is 0 Å². The van der Waals surface area contributed by atoms with Gasteiger partial charge in [0.15, 0.2) is 0 Å². The van der Waals surface area contributed by atoms with Gasteiger partial charge in [-0.1, -0.05) is 66.7 Å². The van der Waals surface area contributed by atoms with E-state index in [0.29, 0.717) is 12.2 Å². The summed E-state index contributed by atoms with van der Waals surface area (Å²) < 4.78 is 4.70. The molecule has 4 heteroatoms. The number of methoxy groups -OCH3 is 1. The maximum Gasteiger partial charge on any atom is 0.356 e. The Labute approximate surface area is 154 Å². The first-order chi connectivity index (χ1) is 12.7. The molecule has 0 unspecified atom stereocenters. The van der Waals surface area contributed by atoms with Gasteiger partial charge in [0.25, 0.3) is 0 Å². The first-order valence-electron chi connectivity index (χ1n) is 8.52. The van der Waals surface area contributed by atoms with Crippen LogP contribution in [-0.2, 0) is 11.3 Å². The minimum Gasteiger partial charge on any atom is -0.464 e. The molecule has 0 aliphatic carbocycles. The summed E-state index contributed by atoms with van der Waals surface area (Å²) in [6.45, 7) is 0.711. The molecule has 0 fully saturated rings. The van der Waals surface area contributed by atoms with E-state index in [1.807, 2.05) is 18.2 Å². The van der Waals surface area contributed by atoms with Crippen molar-refractivity contribution in [2.24, 2.45) is 0 Å². The second-order valence-electron chi connectivity index (χ2n) is 6.18. The fourth-order valence-electron chi connectivity index (χ4n) is 3.09. The molecule has 1 aromatic heterocycles. The second-order valence-corrected chi connectivity index (χ2v) is 6.18. The molecule has 26 heavy (non-hydrogen) atoms. The minimum atomic E-state index is -0.420. The molecule has 0 spiro atoms. The minimum absolute atomic E-state index is 0.137. The highest BCUT2D eigenvalue weighted by Gasteiger charge is 2.19. The lowest BCUT2D eigenvalue weighted by Gasteiger charge is -2.29. The highest BCUT2D eigenvalue weighted by atomic mass is 16.5. The van der Waals surface area contributed by atoms with E-state index in [9.17, 15) is 4.79 Å². The number of hydrogen-bond donors (Lipinski definition) is 0. The summed E-state index contributed by atoms with van der Waals surface area (Å²) in [5.41, 5.74) is 3.83. The van der Waals surface area contributed by atoms with Crippen LogP contribution in [0, 0.1) is 0 Å². The van der Waals surface area contributed by atoms with Gasteiger partial charge < -0.3 is 4.74 Å². The normalized spacial score (nSPS) is 10.9. The number of nitrogens with zero attached hydrogens (tertiary/aromatic N) is 2. The zero-order valence-electron chi connectivity index (χ0n) is 15.0. The molecule has 3 aromatic rings. The smallest absolute Gasteiger partial charge is 0.356 e. The van der Waals surface area contributed by atoms with Crippen LogP contribution in [-0.4, -0.2) is 30.0 Å². The number of carbonyl (C=O) groups is 1. The number of esters is 1. The van der Waals surface area contributed by atoms with Crippen LogP contribution in [0.1, 0.15) is 33.2 Å². The van der Waals surface area contributed by atoms with Crippen LogP contribution in [0.25, 0.3) is 0 Å². The second kappa shape index (κ2) is 8.41. The molecule has 0 N–H and O–H groups in total. The van der Waals surface area contributed by atoms with Crippen molar-refractivity contribution in [1.29, 1.82) is 0 Å². The van der Waals surface area contributed by atoms with E-state index in [4.69, 9.17) is 4.74 Å². The molecule has 1 heterocycles. The Morgan fingerprint density at radius 3 is 2.00 bits per heavy atom. The lowest BCUT2D eigenvalue weighted by atomic mass is 9.97. The SMILES string of the molecule is COC(=O)c1ccc(CN(C)C(c2ccccc2)c2ccccc2)cn1. The molecule has 2 aromatic carbocycles. The Morgan fingerprint density at radius 2 is 1.54 bits per heavy atom. The topological polar surface area (TPSA) is 42.4 Å². The van der Waals surface area contributed by atoms with Gasteiger partial charge in [-0.15, -0.1) is 0 Å². The van der Waals surface area contributed by atoms with E-state index in [0.717, 1.165) is 5.56 Å². The number of ether oxygens (including phenoxy) is 1. The molecule has 132 valence electrons. The summed E-state index contributed by atoms with van der Waals surface area (Å²) in [5, 5.41) is 0. The molecule has 0 amide bonds. The van der Waals surface area contributed by atoms with E-state index in [-0.39, 0.29) is 6.04 Å². The summed E-state index contributed by atoms with van der Waals surface area (Å²) in [4.78, 5) is 18.0. The first kappa shape index (κ1) is 17.8. The van der Waals surface area contributed by atoms with Crippen LogP contribution >= 0.6 is 0 Å². The van der Waals surface area contributed by atoms with E-state index in [1.165, 1.54) is 18.2 Å². The molecule has 3 rings (SSSR count). The zero-order chi connectivity index (χ0) is 18.4. The molecule has 0 radical (unpaired) electrons. The Hall–Kier alpha value is -2.98. The van der Waals surface area contributed by atoms with Crippen molar-refractivity contribution in [1.82, 2.24) is 9.88 Å². The average Bonchev–Trinajstić information content (AvgIpc) is 2.70.